The number of fused-ring (bicyclic) bond motifs is 7. The van der Waals surface area contributed by atoms with Crippen molar-refractivity contribution in [1.82, 2.24) is 14.4 Å². The second-order valence-corrected chi connectivity index (χ2v) is 9.67. The molecule has 0 N–H and O–H groups in total. The molecule has 1 fully saturated rings. The van der Waals surface area contributed by atoms with Crippen LogP contribution in [0, 0.1) is 12.6 Å². The molecular formula is C25H23IrN4-. The van der Waals surface area contributed by atoms with Crippen LogP contribution in [0.5, 0.6) is 0 Å². The van der Waals surface area contributed by atoms with Crippen LogP contribution in [0.4, 0.5) is 5.69 Å². The molecule has 4 nitrogen and oxygen atoms in total. The Balaban J connectivity index is 0.00000193. The molecule has 5 heteroatoms. The molecule has 2 aromatic carbocycles. The summed E-state index contributed by atoms with van der Waals surface area (Å²) in [6, 6.07) is 11.7. The Labute approximate surface area is 189 Å². The summed E-state index contributed by atoms with van der Waals surface area (Å²) >= 11 is 0. The van der Waals surface area contributed by atoms with Crippen LogP contribution in [0.3, 0.4) is 0 Å². The average Bonchev–Trinajstić information content (AvgIpc) is 3.10. The van der Waals surface area contributed by atoms with Gasteiger partial charge in [0.2, 0.25) is 0 Å². The quantitative estimate of drug-likeness (QED) is 0.228. The first kappa shape index (κ1) is 19.7. The average molecular weight is 572 g/mol. The van der Waals surface area contributed by atoms with Gasteiger partial charge in [0.1, 0.15) is 11.5 Å². The summed E-state index contributed by atoms with van der Waals surface area (Å²) in [6.45, 7) is 14.1. The molecule has 0 spiro atoms. The monoisotopic (exact) mass is 572 g/mol. The van der Waals surface area contributed by atoms with Crippen molar-refractivity contribution in [3.05, 3.63) is 58.7 Å². The van der Waals surface area contributed by atoms with Gasteiger partial charge in [-0.1, -0.05) is 26.2 Å². The molecule has 0 amide bonds. The topological polar surface area (TPSA) is 34.5 Å². The third kappa shape index (κ3) is 2.60. The Kier molecular flexibility index (Phi) is 4.33. The first-order chi connectivity index (χ1) is 14.0. The number of benzene rings is 2. The number of imidazole rings is 1. The Morgan fingerprint density at radius 2 is 1.73 bits per heavy atom. The van der Waals surface area contributed by atoms with Crippen LogP contribution in [0.25, 0.3) is 32.4 Å². The van der Waals surface area contributed by atoms with Gasteiger partial charge < -0.3 is 4.40 Å². The van der Waals surface area contributed by atoms with E-state index in [4.69, 9.17) is 16.5 Å². The van der Waals surface area contributed by atoms with Crippen molar-refractivity contribution >= 4 is 33.3 Å². The zero-order chi connectivity index (χ0) is 19.9. The molecule has 7 rings (SSSR count). The summed E-state index contributed by atoms with van der Waals surface area (Å²) < 4.78 is 2.23. The maximum atomic E-state index is 7.58. The van der Waals surface area contributed by atoms with E-state index in [1.807, 2.05) is 6.07 Å². The van der Waals surface area contributed by atoms with Crippen LogP contribution in [-0.2, 0) is 25.5 Å². The zero-order valence-electron chi connectivity index (χ0n) is 17.4. The predicted octanol–water partition coefficient (Wildman–Crippen LogP) is 6.44. The van der Waals surface area contributed by atoms with Gasteiger partial charge in [0, 0.05) is 25.5 Å². The molecule has 1 saturated carbocycles. The van der Waals surface area contributed by atoms with Crippen molar-refractivity contribution in [2.24, 2.45) is 0 Å². The fraction of sp³-hybridized carbons (Fsp3) is 0.400. The number of aromatic nitrogens is 3. The molecule has 30 heavy (non-hydrogen) atoms. The van der Waals surface area contributed by atoms with E-state index < -0.39 is 0 Å². The molecule has 1 radical (unpaired) electrons. The van der Waals surface area contributed by atoms with Gasteiger partial charge in [0.25, 0.3) is 0 Å². The molecular weight excluding hydrogens is 549 g/mol. The normalized spacial score (nSPS) is 20.3. The van der Waals surface area contributed by atoms with Crippen molar-refractivity contribution in [2.45, 2.75) is 63.7 Å². The van der Waals surface area contributed by atoms with Crippen LogP contribution in [0.1, 0.15) is 75.2 Å². The van der Waals surface area contributed by atoms with E-state index in [2.05, 4.69) is 48.2 Å². The molecule has 4 aromatic rings. The first-order valence-corrected chi connectivity index (χ1v) is 10.5. The van der Waals surface area contributed by atoms with Crippen molar-refractivity contribution in [2.75, 3.05) is 0 Å². The minimum absolute atomic E-state index is 0. The smallest absolute Gasteiger partial charge is 0.133 e. The van der Waals surface area contributed by atoms with Crippen molar-refractivity contribution in [3.63, 3.8) is 0 Å². The summed E-state index contributed by atoms with van der Waals surface area (Å²) in [4.78, 5) is 13.8. The fourth-order valence-electron chi connectivity index (χ4n) is 5.47. The van der Waals surface area contributed by atoms with Crippen LogP contribution in [0.15, 0.2) is 24.3 Å². The Hall–Kier alpha value is -2.28. The van der Waals surface area contributed by atoms with Gasteiger partial charge in [0.05, 0.1) is 23.3 Å². The van der Waals surface area contributed by atoms with Crippen LogP contribution in [0.2, 0.25) is 0 Å². The fourth-order valence-corrected chi connectivity index (χ4v) is 5.47. The van der Waals surface area contributed by atoms with Crippen LogP contribution >= 0.6 is 0 Å². The summed E-state index contributed by atoms with van der Waals surface area (Å²) in [5.74, 6) is 2.34. The zero-order valence-corrected chi connectivity index (χ0v) is 19.8. The number of hydrogen-bond donors (Lipinski definition) is 0. The maximum absolute atomic E-state index is 7.58. The summed E-state index contributed by atoms with van der Waals surface area (Å²) in [7, 11) is 0. The van der Waals surface area contributed by atoms with Crippen LogP contribution < -0.4 is 0 Å². The molecule has 2 bridgehead atoms. The number of hydrogen-bond acceptors (Lipinski definition) is 2. The van der Waals surface area contributed by atoms with E-state index in [9.17, 15) is 0 Å². The van der Waals surface area contributed by atoms with Gasteiger partial charge in [-0.3, -0.25) is 14.8 Å². The predicted molar refractivity (Wildman–Crippen MR) is 116 cm³/mol. The first-order valence-electron chi connectivity index (χ1n) is 10.5. The molecule has 3 aliphatic rings. The molecule has 0 saturated heterocycles. The minimum atomic E-state index is -0.176. The van der Waals surface area contributed by atoms with E-state index in [0.717, 1.165) is 27.9 Å². The summed E-state index contributed by atoms with van der Waals surface area (Å²) in [5, 5.41) is 0.837. The SMILES string of the molecule is [C-]#[N+]c1cc[c-]c2c1nc(C(C)(C)C)n1c3cc4c(cc3nc21)C1CCC4CC1.[Ir]. The second-order valence-electron chi connectivity index (χ2n) is 9.67. The molecule has 153 valence electrons. The molecule has 2 aromatic heterocycles. The van der Waals surface area contributed by atoms with Gasteiger partial charge in [-0.05, 0) is 66.3 Å². The Morgan fingerprint density at radius 1 is 1.07 bits per heavy atom. The van der Waals surface area contributed by atoms with Crippen molar-refractivity contribution < 1.29 is 20.1 Å². The van der Waals surface area contributed by atoms with Crippen LogP contribution in [-0.4, -0.2) is 14.4 Å². The van der Waals surface area contributed by atoms with Gasteiger partial charge in [0.15, 0.2) is 0 Å². The van der Waals surface area contributed by atoms with Gasteiger partial charge in [-0.25, -0.2) is 0 Å². The maximum Gasteiger partial charge on any atom is 0.133 e. The van der Waals surface area contributed by atoms with E-state index >= 15 is 0 Å². The van der Waals surface area contributed by atoms with Crippen molar-refractivity contribution in [1.29, 1.82) is 0 Å². The second kappa shape index (κ2) is 6.61. The number of nitrogens with zero attached hydrogens (tertiary/aromatic N) is 4. The van der Waals surface area contributed by atoms with Gasteiger partial charge in [-0.15, -0.1) is 12.1 Å². The summed E-state index contributed by atoms with van der Waals surface area (Å²) in [5.41, 5.74) is 7.20. The van der Waals surface area contributed by atoms with E-state index in [-0.39, 0.29) is 25.5 Å². The third-order valence-corrected chi connectivity index (χ3v) is 6.86. The van der Waals surface area contributed by atoms with Gasteiger partial charge >= 0.3 is 0 Å². The Morgan fingerprint density at radius 3 is 2.37 bits per heavy atom. The Bertz CT molecular complexity index is 1360. The minimum Gasteiger partial charge on any atom is -0.321 e. The molecule has 0 unspecified atom stereocenters. The third-order valence-electron chi connectivity index (χ3n) is 6.86. The standard InChI is InChI=1S/C25H23N4.Ir/c1-25(2,3)24-28-22-16(6-5-7-19(22)26-4)23-27-20-12-17-14-8-10-15(11-9-14)18(17)13-21(20)29(23)24;/h5,7,12-15H,8-11H2,1-3H3;/q-1;. The van der Waals surface area contributed by atoms with E-state index in [0.29, 0.717) is 23.0 Å². The molecule has 0 aliphatic heterocycles. The molecule has 3 aliphatic carbocycles. The van der Waals surface area contributed by atoms with Crippen molar-refractivity contribution in [3.8, 4) is 0 Å². The number of rotatable bonds is 0. The largest absolute Gasteiger partial charge is 0.321 e. The van der Waals surface area contributed by atoms with E-state index in [1.54, 1.807) is 6.07 Å². The molecule has 2 heterocycles. The summed E-state index contributed by atoms with van der Waals surface area (Å²) in [6.07, 6.45) is 5.26. The van der Waals surface area contributed by atoms with E-state index in [1.165, 1.54) is 36.8 Å². The van der Waals surface area contributed by atoms with Gasteiger partial charge in [-0.2, -0.15) is 6.07 Å². The molecule has 0 atom stereocenters.